The summed E-state index contributed by atoms with van der Waals surface area (Å²) in [6.45, 7) is 15.7. The molecule has 16 nitrogen and oxygen atoms in total. The van der Waals surface area contributed by atoms with E-state index in [0.717, 1.165) is 11.1 Å². The Morgan fingerprint density at radius 2 is 1.47 bits per heavy atom. The van der Waals surface area contributed by atoms with Gasteiger partial charge in [-0.15, -0.1) is 0 Å². The molecule has 0 aliphatic carbocycles. The number of likely N-dealkylation sites (N-methyl/N-ethyl adjacent to an activating group) is 1. The number of halogens is 1. The third-order valence-electron chi connectivity index (χ3n) is 12.6. The van der Waals surface area contributed by atoms with Gasteiger partial charge in [0.05, 0.1) is 19.1 Å². The van der Waals surface area contributed by atoms with Crippen molar-refractivity contribution in [2.75, 3.05) is 20.7 Å². The molecule has 4 amide bonds. The Labute approximate surface area is 432 Å². The standard InChI is InChI=1S/C56H69ClN4O12/c1-32(33(2)48(63)44(14-12-13-27-58-53(68)72-55(4,5)6)60-49(64)38-18-16-36(17-19-38)37-20-23-40(57)24-21-37)28-41-39-22-25-46(62)42(31-39)43-29-35(15-26-47(43)71-54(69)73-56(7,8)9)30-45(52(67)70-11)61(10)51(66)34(3)59-50(41)65/h15-26,29,31-34,41,44-45,62H,12-14,27-28,30H2,1-11H3,(H,58,68)(H,59,65)(H,60,64). The van der Waals surface area contributed by atoms with Gasteiger partial charge in [0.15, 0.2) is 5.78 Å². The van der Waals surface area contributed by atoms with Crippen LogP contribution in [0.1, 0.15) is 115 Å². The van der Waals surface area contributed by atoms with Gasteiger partial charge in [-0.05, 0) is 151 Å². The number of hydrogen-bond donors (Lipinski definition) is 4. The number of amides is 4. The Balaban J connectivity index is 1.48. The van der Waals surface area contributed by atoms with Crippen molar-refractivity contribution in [2.24, 2.45) is 11.8 Å². The van der Waals surface area contributed by atoms with Crippen molar-refractivity contribution in [2.45, 2.75) is 130 Å². The molecule has 4 aromatic carbocycles. The second-order valence-corrected chi connectivity index (χ2v) is 21.0. The minimum Gasteiger partial charge on any atom is -0.507 e. The van der Waals surface area contributed by atoms with Gasteiger partial charge in [-0.1, -0.05) is 61.8 Å². The van der Waals surface area contributed by atoms with E-state index in [4.69, 9.17) is 30.5 Å². The molecule has 17 heteroatoms. The number of aromatic hydroxyl groups is 1. The third kappa shape index (κ3) is 16.0. The number of benzene rings is 4. The van der Waals surface area contributed by atoms with Crippen LogP contribution in [-0.4, -0.2) is 102 Å². The smallest absolute Gasteiger partial charge is 0.507 e. The van der Waals surface area contributed by atoms with Crippen LogP contribution in [0.15, 0.2) is 84.9 Å². The number of nitrogens with one attached hydrogen (secondary N) is 3. The average Bonchev–Trinajstić information content (AvgIpc) is 3.32. The first kappa shape index (κ1) is 57.0. The highest BCUT2D eigenvalue weighted by Gasteiger charge is 2.36. The van der Waals surface area contributed by atoms with Crippen molar-refractivity contribution in [1.29, 1.82) is 0 Å². The highest BCUT2D eigenvalue weighted by molar-refractivity contribution is 6.30. The molecule has 0 saturated carbocycles. The van der Waals surface area contributed by atoms with E-state index in [9.17, 15) is 38.7 Å². The quantitative estimate of drug-likeness (QED) is 0.0379. The fourth-order valence-corrected chi connectivity index (χ4v) is 8.58. The summed E-state index contributed by atoms with van der Waals surface area (Å²) < 4.78 is 21.6. The van der Waals surface area contributed by atoms with Gasteiger partial charge in [-0.3, -0.25) is 19.2 Å². The van der Waals surface area contributed by atoms with Gasteiger partial charge < -0.3 is 44.9 Å². The summed E-state index contributed by atoms with van der Waals surface area (Å²) in [6.07, 6.45) is -0.409. The van der Waals surface area contributed by atoms with Gasteiger partial charge in [0.1, 0.15) is 34.8 Å². The summed E-state index contributed by atoms with van der Waals surface area (Å²) in [5, 5.41) is 20.6. The second kappa shape index (κ2) is 24.7. The predicted octanol–water partition coefficient (Wildman–Crippen LogP) is 9.56. The Kier molecular flexibility index (Phi) is 19.2. The fourth-order valence-electron chi connectivity index (χ4n) is 8.45. The first-order chi connectivity index (χ1) is 34.2. The molecular weight excluding hydrogens is 956 g/mol. The molecule has 0 radical (unpaired) electrons. The van der Waals surface area contributed by atoms with Crippen molar-refractivity contribution in [3.63, 3.8) is 0 Å². The molecule has 4 N–H and O–H groups in total. The lowest BCUT2D eigenvalue weighted by Gasteiger charge is -2.31. The average molecular weight is 1030 g/mol. The van der Waals surface area contributed by atoms with Crippen LogP contribution >= 0.6 is 11.6 Å². The fraction of sp³-hybridized carbons (Fsp3) is 0.446. The van der Waals surface area contributed by atoms with Crippen LogP contribution in [0.3, 0.4) is 0 Å². The number of phenols is 1. The van der Waals surface area contributed by atoms with Crippen molar-refractivity contribution in [3.8, 4) is 33.8 Å². The number of unbranched alkanes of at least 4 members (excludes halogenated alkanes) is 1. The maximum absolute atomic E-state index is 14.7. The third-order valence-corrected chi connectivity index (χ3v) is 12.8. The van der Waals surface area contributed by atoms with E-state index in [0.29, 0.717) is 34.6 Å². The number of carbonyl (C=O) groups is 7. The molecule has 0 fully saturated rings. The van der Waals surface area contributed by atoms with Gasteiger partial charge in [-0.25, -0.2) is 14.4 Å². The summed E-state index contributed by atoms with van der Waals surface area (Å²) in [6, 6.07) is 20.4. The van der Waals surface area contributed by atoms with E-state index >= 15 is 0 Å². The Morgan fingerprint density at radius 3 is 2.08 bits per heavy atom. The van der Waals surface area contributed by atoms with Crippen LogP contribution in [0, 0.1) is 11.8 Å². The van der Waals surface area contributed by atoms with Crippen LogP contribution in [0.4, 0.5) is 9.59 Å². The molecule has 4 aromatic rings. The van der Waals surface area contributed by atoms with Gasteiger partial charge >= 0.3 is 18.2 Å². The van der Waals surface area contributed by atoms with Crippen LogP contribution in [-0.2, 0) is 39.8 Å². The molecule has 6 atom stereocenters. The van der Waals surface area contributed by atoms with Crippen molar-refractivity contribution in [3.05, 3.63) is 107 Å². The van der Waals surface area contributed by atoms with Crippen LogP contribution in [0.5, 0.6) is 11.5 Å². The number of nitrogens with zero attached hydrogens (tertiary/aromatic N) is 1. The summed E-state index contributed by atoms with van der Waals surface area (Å²) in [5.41, 5.74) is 1.86. The molecule has 5 rings (SSSR count). The number of esters is 1. The molecule has 6 unspecified atom stereocenters. The lowest BCUT2D eigenvalue weighted by atomic mass is 9.79. The first-order valence-electron chi connectivity index (χ1n) is 24.4. The summed E-state index contributed by atoms with van der Waals surface area (Å²) >= 11 is 6.09. The van der Waals surface area contributed by atoms with Crippen molar-refractivity contribution >= 4 is 53.3 Å². The summed E-state index contributed by atoms with van der Waals surface area (Å²) in [4.78, 5) is 97.2. The van der Waals surface area contributed by atoms with E-state index in [2.05, 4.69) is 16.0 Å². The zero-order valence-corrected chi connectivity index (χ0v) is 44.3. The maximum atomic E-state index is 14.7. The Hall–Kier alpha value is -6.94. The van der Waals surface area contributed by atoms with Crippen molar-refractivity contribution in [1.82, 2.24) is 20.9 Å². The molecule has 1 aliphatic heterocycles. The minimum absolute atomic E-state index is 0.00464. The zero-order chi connectivity index (χ0) is 53.9. The van der Waals surface area contributed by atoms with E-state index < -0.39 is 83.0 Å². The number of fused-ring (bicyclic) bond motifs is 5. The zero-order valence-electron chi connectivity index (χ0n) is 43.6. The van der Waals surface area contributed by atoms with E-state index in [1.165, 1.54) is 38.1 Å². The van der Waals surface area contributed by atoms with Crippen LogP contribution in [0.25, 0.3) is 22.3 Å². The molecule has 0 aromatic heterocycles. The van der Waals surface area contributed by atoms with E-state index in [-0.39, 0.29) is 54.2 Å². The molecule has 0 spiro atoms. The molecule has 1 heterocycles. The number of methoxy groups -OCH3 is 1. The molecular formula is C56H69ClN4O12. The summed E-state index contributed by atoms with van der Waals surface area (Å²) in [5.74, 6) is -5.14. The van der Waals surface area contributed by atoms with Crippen LogP contribution < -0.4 is 20.7 Å². The van der Waals surface area contributed by atoms with Gasteiger partial charge in [0.2, 0.25) is 11.8 Å². The van der Waals surface area contributed by atoms with Gasteiger partial charge in [0.25, 0.3) is 5.91 Å². The first-order valence-corrected chi connectivity index (χ1v) is 24.8. The van der Waals surface area contributed by atoms with Gasteiger partial charge in [-0.2, -0.15) is 0 Å². The number of ether oxygens (including phenoxy) is 4. The molecule has 1 aliphatic rings. The van der Waals surface area contributed by atoms with E-state index in [1.807, 2.05) is 31.2 Å². The number of alkyl carbamates (subject to hydrolysis) is 1. The van der Waals surface area contributed by atoms with Crippen molar-refractivity contribution < 1.29 is 57.6 Å². The predicted molar refractivity (Wildman–Crippen MR) is 277 cm³/mol. The largest absolute Gasteiger partial charge is 0.514 e. The topological polar surface area (TPSA) is 216 Å². The number of hydrogen-bond acceptors (Lipinski definition) is 12. The monoisotopic (exact) mass is 1020 g/mol. The van der Waals surface area contributed by atoms with Crippen LogP contribution in [0.2, 0.25) is 5.02 Å². The molecule has 73 heavy (non-hydrogen) atoms. The maximum Gasteiger partial charge on any atom is 0.514 e. The number of ketones is 1. The number of carbonyl (C=O) groups excluding carboxylic acids is 7. The Bertz CT molecular complexity index is 2640. The minimum atomic E-state index is -1.14. The molecule has 0 saturated heterocycles. The molecule has 4 bridgehead atoms. The molecule has 392 valence electrons. The normalized spacial score (nSPS) is 17.4. The highest BCUT2D eigenvalue weighted by Crippen LogP contribution is 2.41. The van der Waals surface area contributed by atoms with Gasteiger partial charge in [0, 0.05) is 47.6 Å². The highest BCUT2D eigenvalue weighted by atomic mass is 35.5. The lowest BCUT2D eigenvalue weighted by molar-refractivity contribution is -0.152. The number of phenolic OH excluding ortho intramolecular Hbond substituents is 1. The number of Topliss-reactive ketones (excluding diaryl/α,β-unsaturated/α-hetero) is 1. The SMILES string of the molecule is COC(=O)C1Cc2ccc(OC(=O)OC(C)(C)C)c(c2)-c2cc(ccc2O)C(CC(C)C(C)C(=O)C(CCCCNC(=O)OC(C)(C)C)NC(=O)c2ccc(-c3ccc(Cl)cc3)cc2)C(=O)NC(C)C(=O)N1C. The number of rotatable bonds is 15. The lowest BCUT2D eigenvalue weighted by Crippen LogP contribution is -2.52. The second-order valence-electron chi connectivity index (χ2n) is 20.6. The van der Waals surface area contributed by atoms with E-state index in [1.54, 1.807) is 97.0 Å². The summed E-state index contributed by atoms with van der Waals surface area (Å²) in [7, 11) is 2.63. The Morgan fingerprint density at radius 1 is 0.836 bits per heavy atom.